The molecular weight excluding hydrogens is 264 g/mol. The first-order valence-electron chi connectivity index (χ1n) is 7.69. The van der Waals surface area contributed by atoms with Crippen LogP contribution in [0.5, 0.6) is 0 Å². The summed E-state index contributed by atoms with van der Waals surface area (Å²) in [6.45, 7) is 2.04. The molecule has 0 spiro atoms. The van der Waals surface area contributed by atoms with Crippen LogP contribution in [0, 0.1) is 6.92 Å². The van der Waals surface area contributed by atoms with E-state index in [1.807, 2.05) is 31.2 Å². The summed E-state index contributed by atoms with van der Waals surface area (Å²) in [5.74, 6) is -0.481. The molecule has 1 aliphatic rings. The summed E-state index contributed by atoms with van der Waals surface area (Å²) in [6.07, 6.45) is 5.40. The van der Waals surface area contributed by atoms with Crippen LogP contribution in [-0.4, -0.2) is 17.4 Å². The average molecular weight is 288 g/mol. The van der Waals surface area contributed by atoms with Crippen LogP contribution in [0.25, 0.3) is 0 Å². The summed E-state index contributed by atoms with van der Waals surface area (Å²) >= 11 is 0. The van der Waals surface area contributed by atoms with Crippen molar-refractivity contribution in [2.45, 2.75) is 57.4 Å². The van der Waals surface area contributed by atoms with Crippen molar-refractivity contribution >= 4 is 11.8 Å². The van der Waals surface area contributed by atoms with Crippen molar-refractivity contribution in [3.05, 3.63) is 35.4 Å². The number of benzene rings is 1. The minimum atomic E-state index is -0.818. The van der Waals surface area contributed by atoms with Crippen molar-refractivity contribution in [2.24, 2.45) is 5.73 Å². The summed E-state index contributed by atoms with van der Waals surface area (Å²) in [6, 6.07) is 8.04. The molecule has 1 saturated carbocycles. The Morgan fingerprint density at radius 2 is 1.86 bits per heavy atom. The van der Waals surface area contributed by atoms with Crippen LogP contribution < -0.4 is 11.1 Å². The Morgan fingerprint density at radius 3 is 2.48 bits per heavy atom. The summed E-state index contributed by atoms with van der Waals surface area (Å²) < 4.78 is 0. The molecule has 4 heteroatoms. The monoisotopic (exact) mass is 288 g/mol. The van der Waals surface area contributed by atoms with Crippen molar-refractivity contribution in [2.75, 3.05) is 0 Å². The Morgan fingerprint density at radius 1 is 1.19 bits per heavy atom. The molecule has 2 amide bonds. The third kappa shape index (κ3) is 3.84. The number of primary amides is 1. The first kappa shape index (κ1) is 15.5. The normalized spacial score (nSPS) is 17.2. The molecule has 1 fully saturated rings. The van der Waals surface area contributed by atoms with E-state index >= 15 is 0 Å². The van der Waals surface area contributed by atoms with Crippen molar-refractivity contribution in [3.8, 4) is 0 Å². The summed E-state index contributed by atoms with van der Waals surface area (Å²) in [4.78, 5) is 23.9. The quantitative estimate of drug-likeness (QED) is 0.872. The molecule has 1 aromatic rings. The fraction of sp³-hybridized carbons (Fsp3) is 0.529. The zero-order chi connectivity index (χ0) is 15.3. The van der Waals surface area contributed by atoms with Gasteiger partial charge in [-0.2, -0.15) is 0 Å². The molecule has 4 nitrogen and oxygen atoms in total. The zero-order valence-electron chi connectivity index (χ0n) is 12.7. The molecule has 0 saturated heterocycles. The van der Waals surface area contributed by atoms with E-state index in [-0.39, 0.29) is 5.91 Å². The molecule has 0 radical (unpaired) electrons. The molecule has 1 aromatic carbocycles. The second-order valence-electron chi connectivity index (χ2n) is 5.98. The Balaban J connectivity index is 1.94. The summed E-state index contributed by atoms with van der Waals surface area (Å²) in [7, 11) is 0. The number of amides is 2. The van der Waals surface area contributed by atoms with Gasteiger partial charge in [0, 0.05) is 6.42 Å². The van der Waals surface area contributed by atoms with Crippen LogP contribution in [0.3, 0.4) is 0 Å². The Kier molecular flexibility index (Phi) is 4.99. The molecule has 0 unspecified atom stereocenters. The Hall–Kier alpha value is -1.84. The van der Waals surface area contributed by atoms with Crippen LogP contribution >= 0.6 is 0 Å². The number of hydrogen-bond donors (Lipinski definition) is 2. The number of aryl methyl sites for hydroxylation is 2. The minimum absolute atomic E-state index is 0.0843. The standard InChI is InChI=1S/C17H24N2O2/c1-13-7-3-4-8-14(13)9-10-15(20)19-17(16(18)21)11-5-2-6-12-17/h3-4,7-8H,2,5-6,9-12H2,1H3,(H2,18,21)(H,19,20). The second kappa shape index (κ2) is 6.74. The van der Waals surface area contributed by atoms with Crippen molar-refractivity contribution in [1.29, 1.82) is 0 Å². The van der Waals surface area contributed by atoms with Crippen LogP contribution in [0.2, 0.25) is 0 Å². The summed E-state index contributed by atoms with van der Waals surface area (Å²) in [5.41, 5.74) is 7.07. The van der Waals surface area contributed by atoms with E-state index < -0.39 is 11.4 Å². The molecule has 2 rings (SSSR count). The maximum Gasteiger partial charge on any atom is 0.243 e. The van der Waals surface area contributed by atoms with Gasteiger partial charge in [-0.25, -0.2) is 0 Å². The van der Waals surface area contributed by atoms with Gasteiger partial charge in [0.25, 0.3) is 0 Å². The SMILES string of the molecule is Cc1ccccc1CCC(=O)NC1(C(N)=O)CCCCC1. The molecule has 0 aliphatic heterocycles. The third-order valence-corrected chi connectivity index (χ3v) is 4.44. The van der Waals surface area contributed by atoms with E-state index in [0.717, 1.165) is 19.3 Å². The van der Waals surface area contributed by atoms with Gasteiger partial charge in [0.2, 0.25) is 11.8 Å². The Bertz CT molecular complexity index is 519. The largest absolute Gasteiger partial charge is 0.368 e. The smallest absolute Gasteiger partial charge is 0.243 e. The van der Waals surface area contributed by atoms with Crippen LogP contribution in [-0.2, 0) is 16.0 Å². The number of carbonyl (C=O) groups is 2. The summed E-state index contributed by atoms with van der Waals surface area (Å²) in [5, 5.41) is 2.91. The number of nitrogens with one attached hydrogen (secondary N) is 1. The Labute approximate surface area is 126 Å². The molecule has 114 valence electrons. The molecule has 0 aromatic heterocycles. The maximum atomic E-state index is 12.2. The number of nitrogens with two attached hydrogens (primary N) is 1. The van der Waals surface area contributed by atoms with Crippen LogP contribution in [0.15, 0.2) is 24.3 Å². The lowest BCUT2D eigenvalue weighted by Gasteiger charge is -2.35. The highest BCUT2D eigenvalue weighted by Crippen LogP contribution is 2.28. The van der Waals surface area contributed by atoms with Gasteiger partial charge in [-0.15, -0.1) is 0 Å². The third-order valence-electron chi connectivity index (χ3n) is 4.44. The molecule has 1 aliphatic carbocycles. The van der Waals surface area contributed by atoms with Gasteiger partial charge in [0.15, 0.2) is 0 Å². The van der Waals surface area contributed by atoms with Gasteiger partial charge in [-0.3, -0.25) is 9.59 Å². The molecule has 3 N–H and O–H groups in total. The predicted molar refractivity (Wildman–Crippen MR) is 82.7 cm³/mol. The predicted octanol–water partition coefficient (Wildman–Crippen LogP) is 2.23. The highest BCUT2D eigenvalue weighted by Gasteiger charge is 2.38. The van der Waals surface area contributed by atoms with Crippen LogP contribution in [0.4, 0.5) is 0 Å². The van der Waals surface area contributed by atoms with Crippen LogP contribution in [0.1, 0.15) is 49.7 Å². The molecule has 0 bridgehead atoms. The van der Waals surface area contributed by atoms with E-state index in [9.17, 15) is 9.59 Å². The lowest BCUT2D eigenvalue weighted by molar-refractivity contribution is -0.132. The molecular formula is C17H24N2O2. The first-order chi connectivity index (χ1) is 10.0. The lowest BCUT2D eigenvalue weighted by Crippen LogP contribution is -2.58. The van der Waals surface area contributed by atoms with E-state index in [4.69, 9.17) is 5.73 Å². The van der Waals surface area contributed by atoms with E-state index in [2.05, 4.69) is 5.32 Å². The van der Waals surface area contributed by atoms with Crippen molar-refractivity contribution < 1.29 is 9.59 Å². The van der Waals surface area contributed by atoms with Gasteiger partial charge < -0.3 is 11.1 Å². The molecule has 0 heterocycles. The number of hydrogen-bond acceptors (Lipinski definition) is 2. The van der Waals surface area contributed by atoms with Gasteiger partial charge in [-0.05, 0) is 37.3 Å². The average Bonchev–Trinajstić information content (AvgIpc) is 2.47. The van der Waals surface area contributed by atoms with Gasteiger partial charge in [0.1, 0.15) is 5.54 Å². The minimum Gasteiger partial charge on any atom is -0.368 e. The molecule has 21 heavy (non-hydrogen) atoms. The fourth-order valence-corrected chi connectivity index (χ4v) is 3.06. The number of carbonyl (C=O) groups excluding carboxylic acids is 2. The lowest BCUT2D eigenvalue weighted by atomic mass is 9.81. The van der Waals surface area contributed by atoms with E-state index in [0.29, 0.717) is 25.7 Å². The number of rotatable bonds is 5. The maximum absolute atomic E-state index is 12.2. The topological polar surface area (TPSA) is 72.2 Å². The van der Waals surface area contributed by atoms with Crippen molar-refractivity contribution in [3.63, 3.8) is 0 Å². The van der Waals surface area contributed by atoms with E-state index in [1.165, 1.54) is 11.1 Å². The first-order valence-corrected chi connectivity index (χ1v) is 7.69. The van der Waals surface area contributed by atoms with Gasteiger partial charge in [-0.1, -0.05) is 43.5 Å². The molecule has 0 atom stereocenters. The fourth-order valence-electron chi connectivity index (χ4n) is 3.06. The highest BCUT2D eigenvalue weighted by molar-refractivity contribution is 5.90. The van der Waals surface area contributed by atoms with Crippen molar-refractivity contribution in [1.82, 2.24) is 5.32 Å². The highest BCUT2D eigenvalue weighted by atomic mass is 16.2. The van der Waals surface area contributed by atoms with E-state index in [1.54, 1.807) is 0 Å². The van der Waals surface area contributed by atoms with Gasteiger partial charge >= 0.3 is 0 Å². The second-order valence-corrected chi connectivity index (χ2v) is 5.98. The zero-order valence-corrected chi connectivity index (χ0v) is 12.7. The van der Waals surface area contributed by atoms with Gasteiger partial charge in [0.05, 0.1) is 0 Å².